The Morgan fingerprint density at radius 3 is 2.95 bits per heavy atom. The van der Waals surface area contributed by atoms with Gasteiger partial charge in [0, 0.05) is 23.9 Å². The monoisotopic (exact) mass is 303 g/mol. The topological polar surface area (TPSA) is 86.7 Å². The van der Waals surface area contributed by atoms with Crippen LogP contribution < -0.4 is 10.5 Å². The van der Waals surface area contributed by atoms with Crippen LogP contribution in [0.15, 0.2) is 29.4 Å². The van der Waals surface area contributed by atoms with Gasteiger partial charge in [0.05, 0.1) is 16.6 Å². The van der Waals surface area contributed by atoms with Crippen molar-refractivity contribution < 1.29 is 9.81 Å². The van der Waals surface area contributed by atoms with E-state index in [1.54, 1.807) is 6.07 Å². The first kappa shape index (κ1) is 16.0. The first-order valence-corrected chi connectivity index (χ1v) is 7.24. The van der Waals surface area contributed by atoms with Gasteiger partial charge in [0.1, 0.15) is 11.6 Å². The van der Waals surface area contributed by atoms with Crippen molar-refractivity contribution >= 4 is 5.69 Å². The van der Waals surface area contributed by atoms with Gasteiger partial charge in [-0.05, 0) is 51.0 Å². The maximum atomic E-state index is 11.5. The molecule has 1 atom stereocenters. The van der Waals surface area contributed by atoms with Gasteiger partial charge in [0.25, 0.3) is 0 Å². The largest absolute Gasteiger partial charge is 0.570 e. The third kappa shape index (κ3) is 4.60. The normalized spacial score (nSPS) is 19.1. The summed E-state index contributed by atoms with van der Waals surface area (Å²) in [7, 11) is 0. The molecule has 1 aromatic carbocycles. The van der Waals surface area contributed by atoms with Crippen LogP contribution in [0.3, 0.4) is 0 Å². The number of nitriles is 1. The average molecular weight is 303 g/mol. The van der Waals surface area contributed by atoms with Crippen molar-refractivity contribution in [2.45, 2.75) is 38.8 Å². The highest BCUT2D eigenvalue weighted by molar-refractivity contribution is 5.52. The number of hydrogen-bond acceptors (Lipinski definition) is 5. The molecule has 1 aromatic rings. The molecule has 0 saturated carbocycles. The fourth-order valence-electron chi connectivity index (χ4n) is 2.24. The number of nitrogens with one attached hydrogen (secondary N) is 1. The van der Waals surface area contributed by atoms with Gasteiger partial charge in [-0.1, -0.05) is 6.07 Å². The number of rotatable bonds is 4. The Bertz CT molecular complexity index is 588. The van der Waals surface area contributed by atoms with Gasteiger partial charge >= 0.3 is 0 Å². The lowest BCUT2D eigenvalue weighted by molar-refractivity contribution is -0.652. The van der Waals surface area contributed by atoms with Crippen LogP contribution in [0.1, 0.15) is 32.8 Å². The summed E-state index contributed by atoms with van der Waals surface area (Å²) in [4.78, 5) is 7.87. The predicted octanol–water partition coefficient (Wildman–Crippen LogP) is 2.33. The van der Waals surface area contributed by atoms with Crippen LogP contribution in [0.4, 0.5) is 5.69 Å². The fraction of sp³-hybridized carbons (Fsp3) is 0.533. The molecule has 1 fully saturated rings. The lowest BCUT2D eigenvalue weighted by Gasteiger charge is -2.18. The van der Waals surface area contributed by atoms with Gasteiger partial charge in [-0.15, -0.1) is 0 Å². The summed E-state index contributed by atoms with van der Waals surface area (Å²) >= 11 is 0. The molecule has 1 aliphatic heterocycles. The second kappa shape index (κ2) is 6.62. The van der Waals surface area contributed by atoms with E-state index in [1.807, 2.05) is 39.0 Å². The van der Waals surface area contributed by atoms with E-state index in [1.165, 1.54) is 0 Å². The van der Waals surface area contributed by atoms with Gasteiger partial charge in [0.15, 0.2) is 0 Å². The van der Waals surface area contributed by atoms with Gasteiger partial charge in [0.2, 0.25) is 0 Å². The van der Waals surface area contributed by atoms with Crippen LogP contribution in [0, 0.1) is 16.5 Å². The van der Waals surface area contributed by atoms with Crippen molar-refractivity contribution in [3.63, 3.8) is 0 Å². The average Bonchev–Trinajstić information content (AvgIpc) is 2.92. The number of hydrazine groups is 1. The van der Waals surface area contributed by atoms with Crippen LogP contribution in [0.2, 0.25) is 0 Å². The van der Waals surface area contributed by atoms with Crippen molar-refractivity contribution in [3.05, 3.63) is 35.0 Å². The molecule has 0 unspecified atom stereocenters. The van der Waals surface area contributed by atoms with E-state index in [4.69, 9.17) is 10.1 Å². The first-order chi connectivity index (χ1) is 10.4. The summed E-state index contributed by atoms with van der Waals surface area (Å²) in [6, 6.07) is 9.59. The van der Waals surface area contributed by atoms with Gasteiger partial charge < -0.3 is 10.1 Å². The van der Waals surface area contributed by atoms with Crippen molar-refractivity contribution in [1.29, 1.82) is 5.26 Å². The Labute approximate surface area is 130 Å². The Balaban J connectivity index is 1.88. The minimum Gasteiger partial charge on any atom is -0.570 e. The van der Waals surface area contributed by atoms with Crippen molar-refractivity contribution in [2.75, 3.05) is 18.0 Å². The molecule has 0 radical (unpaired) electrons. The van der Waals surface area contributed by atoms with Crippen LogP contribution in [0.25, 0.3) is 0 Å². The molecule has 1 heterocycles. The molecular formula is C15H21N5O2. The maximum Gasteiger partial charge on any atom is 0.119 e. The van der Waals surface area contributed by atoms with Crippen LogP contribution in [-0.2, 0) is 4.84 Å². The zero-order valence-corrected chi connectivity index (χ0v) is 13.1. The molecule has 0 bridgehead atoms. The molecule has 0 spiro atoms. The Morgan fingerprint density at radius 1 is 1.50 bits per heavy atom. The molecule has 2 rings (SSSR count). The first-order valence-electron chi connectivity index (χ1n) is 7.24. The third-order valence-electron chi connectivity index (χ3n) is 3.17. The standard InChI is InChI=1S/C15H21N5O2/c1-15(2,3)17-20(21)18-22-14-7-8-19(11-14)13-6-4-5-12(9-13)10-16/h4-6,9,14H,7-8,11H2,1-3H3,(H,17,18)/t14-/m1/s1. The van der Waals surface area contributed by atoms with E-state index >= 15 is 0 Å². The summed E-state index contributed by atoms with van der Waals surface area (Å²) in [6.45, 7) is 6.97. The molecule has 1 saturated heterocycles. The summed E-state index contributed by atoms with van der Waals surface area (Å²) in [6.07, 6.45) is 0.699. The number of nitrogens with zero attached hydrogens (tertiary/aromatic N) is 4. The molecule has 7 heteroatoms. The smallest absolute Gasteiger partial charge is 0.119 e. The lowest BCUT2D eigenvalue weighted by atomic mass is 10.1. The van der Waals surface area contributed by atoms with E-state index in [9.17, 15) is 5.21 Å². The summed E-state index contributed by atoms with van der Waals surface area (Å²) in [5.74, 6) is 0. The SMILES string of the molecule is CC(C)(C)N=[N+]([O-])NO[C@@H]1CCN(c2cccc(C#N)c2)C1. The number of anilines is 1. The highest BCUT2D eigenvalue weighted by atomic mass is 16.8. The molecule has 0 aromatic heterocycles. The molecule has 0 aliphatic carbocycles. The zero-order valence-electron chi connectivity index (χ0n) is 13.1. The summed E-state index contributed by atoms with van der Waals surface area (Å²) < 4.78 is 0. The predicted molar refractivity (Wildman–Crippen MR) is 81.8 cm³/mol. The van der Waals surface area contributed by atoms with E-state index in [0.29, 0.717) is 17.1 Å². The summed E-state index contributed by atoms with van der Waals surface area (Å²) in [5.41, 5.74) is 3.47. The minimum absolute atomic E-state index is 0.0997. The lowest BCUT2D eigenvalue weighted by Crippen LogP contribution is -2.33. The number of hydrogen-bond donors (Lipinski definition) is 1. The highest BCUT2D eigenvalue weighted by Crippen LogP contribution is 2.22. The van der Waals surface area contributed by atoms with Gasteiger partial charge in [-0.3, -0.25) is 0 Å². The van der Waals surface area contributed by atoms with Crippen molar-refractivity contribution in [3.8, 4) is 6.07 Å². The van der Waals surface area contributed by atoms with Crippen molar-refractivity contribution in [1.82, 2.24) is 5.59 Å². The van der Waals surface area contributed by atoms with E-state index in [-0.39, 0.29) is 6.10 Å². The molecule has 1 N–H and O–H groups in total. The molecule has 0 amide bonds. The van der Waals surface area contributed by atoms with Crippen LogP contribution in [-0.4, -0.2) is 29.7 Å². The minimum atomic E-state index is -0.461. The molecule has 1 aliphatic rings. The zero-order chi connectivity index (χ0) is 16.2. The maximum absolute atomic E-state index is 11.5. The quantitative estimate of drug-likeness (QED) is 0.524. The summed E-state index contributed by atoms with van der Waals surface area (Å²) in [5, 5.41) is 24.3. The fourth-order valence-corrected chi connectivity index (χ4v) is 2.24. The van der Waals surface area contributed by atoms with Crippen LogP contribution in [0.5, 0.6) is 0 Å². The molecular weight excluding hydrogens is 282 g/mol. The third-order valence-corrected chi connectivity index (χ3v) is 3.17. The van der Waals surface area contributed by atoms with E-state index in [2.05, 4.69) is 21.7 Å². The Kier molecular flexibility index (Phi) is 4.83. The van der Waals surface area contributed by atoms with E-state index < -0.39 is 5.54 Å². The second-order valence-corrected chi connectivity index (χ2v) is 6.27. The van der Waals surface area contributed by atoms with Gasteiger partial charge in [-0.25, -0.2) is 4.84 Å². The van der Waals surface area contributed by atoms with E-state index in [0.717, 1.165) is 18.7 Å². The van der Waals surface area contributed by atoms with Crippen molar-refractivity contribution in [2.24, 2.45) is 5.11 Å². The van der Waals surface area contributed by atoms with Crippen LogP contribution >= 0.6 is 0 Å². The Hall–Kier alpha value is -2.33. The number of benzene rings is 1. The Morgan fingerprint density at radius 2 is 2.27 bits per heavy atom. The second-order valence-electron chi connectivity index (χ2n) is 6.27. The van der Waals surface area contributed by atoms with Gasteiger partial charge in [-0.2, -0.15) is 5.26 Å². The molecule has 7 nitrogen and oxygen atoms in total. The molecule has 118 valence electrons. The highest BCUT2D eigenvalue weighted by Gasteiger charge is 2.25. The molecule has 22 heavy (non-hydrogen) atoms.